The third-order valence-corrected chi connectivity index (χ3v) is 2.47. The molecule has 0 saturated carbocycles. The SMILES string of the molecule is CC(C)(C)Nc1nc(C(F)F)cc2cnc(N)cc12. The quantitative estimate of drug-likeness (QED) is 0.874. The number of fused-ring (bicyclic) bond motifs is 1. The molecule has 0 aromatic carbocycles. The van der Waals surface area contributed by atoms with Gasteiger partial charge in [-0.3, -0.25) is 0 Å². The van der Waals surface area contributed by atoms with Gasteiger partial charge in [-0.2, -0.15) is 0 Å². The Balaban J connectivity index is 2.65. The minimum absolute atomic E-state index is 0.272. The summed E-state index contributed by atoms with van der Waals surface area (Å²) >= 11 is 0. The van der Waals surface area contributed by atoms with Gasteiger partial charge in [-0.25, -0.2) is 18.7 Å². The van der Waals surface area contributed by atoms with Gasteiger partial charge >= 0.3 is 0 Å². The normalized spacial score (nSPS) is 12.1. The molecule has 0 radical (unpaired) electrons. The van der Waals surface area contributed by atoms with Crippen molar-refractivity contribution in [1.82, 2.24) is 9.97 Å². The maximum Gasteiger partial charge on any atom is 0.280 e. The number of alkyl halides is 2. The van der Waals surface area contributed by atoms with Crippen molar-refractivity contribution in [2.24, 2.45) is 0 Å². The lowest BCUT2D eigenvalue weighted by Crippen LogP contribution is -2.27. The molecular formula is C13H16F2N4. The summed E-state index contributed by atoms with van der Waals surface area (Å²) in [5.74, 6) is 0.727. The largest absolute Gasteiger partial charge is 0.384 e. The van der Waals surface area contributed by atoms with Crippen molar-refractivity contribution >= 4 is 22.4 Å². The van der Waals surface area contributed by atoms with Crippen LogP contribution in [-0.2, 0) is 0 Å². The fourth-order valence-corrected chi connectivity index (χ4v) is 1.75. The van der Waals surface area contributed by atoms with Crippen LogP contribution in [0.3, 0.4) is 0 Å². The van der Waals surface area contributed by atoms with Crippen LogP contribution in [0, 0.1) is 0 Å². The molecule has 2 heterocycles. The lowest BCUT2D eigenvalue weighted by Gasteiger charge is -2.23. The van der Waals surface area contributed by atoms with Crippen molar-refractivity contribution in [3.8, 4) is 0 Å². The molecule has 0 atom stereocenters. The number of nitrogens with one attached hydrogen (secondary N) is 1. The summed E-state index contributed by atoms with van der Waals surface area (Å²) in [6.45, 7) is 5.79. The molecule has 0 amide bonds. The van der Waals surface area contributed by atoms with E-state index in [1.165, 1.54) is 12.3 Å². The highest BCUT2D eigenvalue weighted by Crippen LogP contribution is 2.29. The van der Waals surface area contributed by atoms with Crippen molar-refractivity contribution in [1.29, 1.82) is 0 Å². The zero-order valence-electron chi connectivity index (χ0n) is 11.0. The number of nitrogen functional groups attached to an aromatic ring is 1. The second-order valence-corrected chi connectivity index (χ2v) is 5.40. The second-order valence-electron chi connectivity index (χ2n) is 5.40. The van der Waals surface area contributed by atoms with Crippen LogP contribution < -0.4 is 11.1 Å². The van der Waals surface area contributed by atoms with Gasteiger partial charge in [0.2, 0.25) is 0 Å². The molecule has 0 fully saturated rings. The number of halogens is 2. The molecular weight excluding hydrogens is 250 g/mol. The van der Waals surface area contributed by atoms with E-state index in [0.717, 1.165) is 0 Å². The van der Waals surface area contributed by atoms with Crippen LogP contribution in [0.15, 0.2) is 18.3 Å². The highest BCUT2D eigenvalue weighted by atomic mass is 19.3. The van der Waals surface area contributed by atoms with Crippen LogP contribution in [0.1, 0.15) is 32.9 Å². The highest BCUT2D eigenvalue weighted by molar-refractivity contribution is 5.93. The van der Waals surface area contributed by atoms with Crippen molar-refractivity contribution in [3.63, 3.8) is 0 Å². The lowest BCUT2D eigenvalue weighted by atomic mass is 10.1. The molecule has 0 aliphatic rings. The van der Waals surface area contributed by atoms with Gasteiger partial charge in [0.25, 0.3) is 6.43 Å². The molecule has 0 aliphatic carbocycles. The van der Waals surface area contributed by atoms with E-state index in [0.29, 0.717) is 22.4 Å². The fourth-order valence-electron chi connectivity index (χ4n) is 1.75. The van der Waals surface area contributed by atoms with Crippen LogP contribution in [0.25, 0.3) is 10.8 Å². The number of pyridine rings is 2. The zero-order valence-corrected chi connectivity index (χ0v) is 11.0. The number of nitrogens with two attached hydrogens (primary N) is 1. The van der Waals surface area contributed by atoms with Gasteiger partial charge in [0.15, 0.2) is 0 Å². The molecule has 102 valence electrons. The van der Waals surface area contributed by atoms with Crippen LogP contribution in [0.4, 0.5) is 20.4 Å². The average Bonchev–Trinajstić information content (AvgIpc) is 2.27. The van der Waals surface area contributed by atoms with Crippen LogP contribution in [0.2, 0.25) is 0 Å². The first-order valence-corrected chi connectivity index (χ1v) is 5.89. The maximum atomic E-state index is 12.9. The Morgan fingerprint density at radius 3 is 2.53 bits per heavy atom. The van der Waals surface area contributed by atoms with E-state index in [1.807, 2.05) is 20.8 Å². The van der Waals surface area contributed by atoms with Crippen molar-refractivity contribution < 1.29 is 8.78 Å². The summed E-state index contributed by atoms with van der Waals surface area (Å²) in [7, 11) is 0. The Morgan fingerprint density at radius 2 is 1.95 bits per heavy atom. The molecule has 2 aromatic heterocycles. The van der Waals surface area contributed by atoms with Gasteiger partial charge in [0.05, 0.1) is 0 Å². The van der Waals surface area contributed by atoms with Crippen molar-refractivity contribution in [2.75, 3.05) is 11.1 Å². The molecule has 2 aromatic rings. The Labute approximate surface area is 110 Å². The van der Waals surface area contributed by atoms with Crippen molar-refractivity contribution in [2.45, 2.75) is 32.7 Å². The fraction of sp³-hybridized carbons (Fsp3) is 0.385. The van der Waals surface area contributed by atoms with Crippen LogP contribution in [0.5, 0.6) is 0 Å². The number of rotatable bonds is 2. The number of anilines is 2. The van der Waals surface area contributed by atoms with Gasteiger partial charge in [-0.15, -0.1) is 0 Å². The maximum absolute atomic E-state index is 12.9. The first kappa shape index (κ1) is 13.5. The van der Waals surface area contributed by atoms with E-state index in [9.17, 15) is 8.78 Å². The molecule has 4 nitrogen and oxygen atoms in total. The molecule has 0 bridgehead atoms. The van der Waals surface area contributed by atoms with Crippen LogP contribution in [-0.4, -0.2) is 15.5 Å². The topological polar surface area (TPSA) is 63.8 Å². The standard InChI is InChI=1S/C13H16F2N4/c1-13(2,3)19-12-8-5-10(16)17-6-7(8)4-9(18-12)11(14)15/h4-6,11H,1-3H3,(H2,16,17)(H,18,19). The van der Waals surface area contributed by atoms with E-state index in [4.69, 9.17) is 5.73 Å². The number of hydrogen-bond acceptors (Lipinski definition) is 4. The minimum Gasteiger partial charge on any atom is -0.384 e. The Morgan fingerprint density at radius 1 is 1.26 bits per heavy atom. The summed E-state index contributed by atoms with van der Waals surface area (Å²) in [6, 6.07) is 2.96. The smallest absolute Gasteiger partial charge is 0.280 e. The molecule has 0 saturated heterocycles. The zero-order chi connectivity index (χ0) is 14.2. The van der Waals surface area contributed by atoms with Gasteiger partial charge < -0.3 is 11.1 Å². The van der Waals surface area contributed by atoms with E-state index in [2.05, 4.69) is 15.3 Å². The molecule has 2 rings (SSSR count). The number of nitrogens with zero attached hydrogens (tertiary/aromatic N) is 2. The highest BCUT2D eigenvalue weighted by Gasteiger charge is 2.17. The molecule has 0 spiro atoms. The second kappa shape index (κ2) is 4.60. The first-order valence-electron chi connectivity index (χ1n) is 5.89. The monoisotopic (exact) mass is 266 g/mol. The van der Waals surface area contributed by atoms with E-state index < -0.39 is 6.43 Å². The third kappa shape index (κ3) is 3.07. The summed E-state index contributed by atoms with van der Waals surface area (Å²) in [6.07, 6.45) is -1.14. The average molecular weight is 266 g/mol. The van der Waals surface area contributed by atoms with Gasteiger partial charge in [0, 0.05) is 22.5 Å². The molecule has 3 N–H and O–H groups in total. The Kier molecular flexibility index (Phi) is 3.26. The predicted octanol–water partition coefficient (Wildman–Crippen LogP) is 3.36. The van der Waals surface area contributed by atoms with Gasteiger partial charge in [0.1, 0.15) is 17.3 Å². The summed E-state index contributed by atoms with van der Waals surface area (Å²) in [5, 5.41) is 4.39. The Bertz CT molecular complexity index is 605. The van der Waals surface area contributed by atoms with E-state index in [1.54, 1.807) is 6.07 Å². The molecule has 19 heavy (non-hydrogen) atoms. The predicted molar refractivity (Wildman–Crippen MR) is 72.3 cm³/mol. The molecule has 0 unspecified atom stereocenters. The van der Waals surface area contributed by atoms with Gasteiger partial charge in [-0.1, -0.05) is 0 Å². The first-order chi connectivity index (χ1) is 8.76. The third-order valence-electron chi connectivity index (χ3n) is 2.47. The Hall–Kier alpha value is -1.98. The van der Waals surface area contributed by atoms with Crippen molar-refractivity contribution in [3.05, 3.63) is 24.0 Å². The summed E-state index contributed by atoms with van der Waals surface area (Å²) in [4.78, 5) is 7.91. The molecule has 6 heteroatoms. The van der Waals surface area contributed by atoms with E-state index in [-0.39, 0.29) is 11.2 Å². The molecule has 0 aliphatic heterocycles. The lowest BCUT2D eigenvalue weighted by molar-refractivity contribution is 0.146. The number of hydrogen-bond donors (Lipinski definition) is 2. The summed E-state index contributed by atoms with van der Waals surface area (Å²) in [5.41, 5.74) is 5.07. The summed E-state index contributed by atoms with van der Waals surface area (Å²) < 4.78 is 25.7. The van der Waals surface area contributed by atoms with Gasteiger partial charge in [-0.05, 0) is 32.9 Å². The van der Waals surface area contributed by atoms with Crippen LogP contribution >= 0.6 is 0 Å². The minimum atomic E-state index is -2.62. The van der Waals surface area contributed by atoms with E-state index >= 15 is 0 Å². The number of aromatic nitrogens is 2.